The van der Waals surface area contributed by atoms with E-state index in [1.807, 2.05) is 0 Å². The molecule has 0 radical (unpaired) electrons. The maximum atomic E-state index is 12.9. The molecular weight excluding hydrogens is 287 g/mol. The lowest BCUT2D eigenvalue weighted by Gasteiger charge is -2.36. The fraction of sp³-hybridized carbons (Fsp3) is 0.375. The first-order chi connectivity index (χ1) is 10.4. The number of carboxylic acid groups (broad SMARTS) is 1. The highest BCUT2D eigenvalue weighted by atomic mass is 19.1. The standard InChI is InChI=1S/C16H19FN2O3/c1-11(12(2)16(21)22)15(20)19-9-7-18(8-10-19)14-5-3-13(17)4-6-14/h3-6H,7-10H2,1-2H3,(H,21,22)/b12-11-. The van der Waals surface area contributed by atoms with Crippen molar-refractivity contribution in [2.75, 3.05) is 31.1 Å². The molecule has 1 N–H and O–H groups in total. The van der Waals surface area contributed by atoms with Crippen molar-refractivity contribution in [3.05, 3.63) is 41.2 Å². The third kappa shape index (κ3) is 3.44. The number of rotatable bonds is 3. The van der Waals surface area contributed by atoms with Crippen LogP contribution in [0.25, 0.3) is 0 Å². The molecule has 0 aliphatic carbocycles. The fourth-order valence-electron chi connectivity index (χ4n) is 2.38. The Morgan fingerprint density at radius 2 is 1.55 bits per heavy atom. The highest BCUT2D eigenvalue weighted by Crippen LogP contribution is 2.18. The zero-order chi connectivity index (χ0) is 16.3. The van der Waals surface area contributed by atoms with Crippen LogP contribution in [0.4, 0.5) is 10.1 Å². The average Bonchev–Trinajstić information content (AvgIpc) is 2.53. The van der Waals surface area contributed by atoms with Crippen molar-refractivity contribution < 1.29 is 19.1 Å². The van der Waals surface area contributed by atoms with Gasteiger partial charge in [-0.05, 0) is 38.1 Å². The van der Waals surface area contributed by atoms with Gasteiger partial charge < -0.3 is 14.9 Å². The molecule has 1 aliphatic rings. The quantitative estimate of drug-likeness (QED) is 0.866. The third-order valence-electron chi connectivity index (χ3n) is 3.96. The van der Waals surface area contributed by atoms with Gasteiger partial charge >= 0.3 is 5.97 Å². The van der Waals surface area contributed by atoms with E-state index in [-0.39, 0.29) is 22.9 Å². The van der Waals surface area contributed by atoms with Crippen LogP contribution in [0.3, 0.4) is 0 Å². The highest BCUT2D eigenvalue weighted by molar-refractivity contribution is 6.01. The van der Waals surface area contributed by atoms with E-state index in [9.17, 15) is 14.0 Å². The van der Waals surface area contributed by atoms with Crippen LogP contribution in [0.1, 0.15) is 13.8 Å². The number of aliphatic carboxylic acids is 1. The molecule has 6 heteroatoms. The van der Waals surface area contributed by atoms with Crippen LogP contribution in [0.15, 0.2) is 35.4 Å². The molecular formula is C16H19FN2O3. The summed E-state index contributed by atoms with van der Waals surface area (Å²) < 4.78 is 12.9. The van der Waals surface area contributed by atoms with E-state index in [4.69, 9.17) is 5.11 Å². The van der Waals surface area contributed by atoms with Gasteiger partial charge in [-0.1, -0.05) is 0 Å². The van der Waals surface area contributed by atoms with Gasteiger partial charge in [0.25, 0.3) is 0 Å². The Bertz CT molecular complexity index is 602. The molecule has 1 saturated heterocycles. The first kappa shape index (κ1) is 16.0. The van der Waals surface area contributed by atoms with Gasteiger partial charge in [0.1, 0.15) is 5.82 Å². The van der Waals surface area contributed by atoms with E-state index < -0.39 is 5.97 Å². The Morgan fingerprint density at radius 1 is 1.00 bits per heavy atom. The maximum Gasteiger partial charge on any atom is 0.331 e. The summed E-state index contributed by atoms with van der Waals surface area (Å²) in [6.07, 6.45) is 0. The number of hydrogen-bond acceptors (Lipinski definition) is 3. The van der Waals surface area contributed by atoms with E-state index in [0.29, 0.717) is 26.2 Å². The summed E-state index contributed by atoms with van der Waals surface area (Å²) in [5, 5.41) is 8.95. The number of carbonyl (C=O) groups excluding carboxylic acids is 1. The molecule has 1 heterocycles. The summed E-state index contributed by atoms with van der Waals surface area (Å²) in [6, 6.07) is 6.25. The lowest BCUT2D eigenvalue weighted by molar-refractivity contribution is -0.134. The van der Waals surface area contributed by atoms with Crippen molar-refractivity contribution in [1.82, 2.24) is 4.90 Å². The van der Waals surface area contributed by atoms with Crippen LogP contribution in [0, 0.1) is 5.82 Å². The highest BCUT2D eigenvalue weighted by Gasteiger charge is 2.24. The molecule has 118 valence electrons. The predicted octanol–water partition coefficient (Wildman–Crippen LogP) is 1.90. The fourth-order valence-corrected chi connectivity index (χ4v) is 2.38. The van der Waals surface area contributed by atoms with Crippen LogP contribution in [0.5, 0.6) is 0 Å². The van der Waals surface area contributed by atoms with Gasteiger partial charge in [0, 0.05) is 43.0 Å². The molecule has 2 rings (SSSR count). The van der Waals surface area contributed by atoms with Crippen LogP contribution >= 0.6 is 0 Å². The van der Waals surface area contributed by atoms with Crippen molar-refractivity contribution in [3.63, 3.8) is 0 Å². The molecule has 0 spiro atoms. The van der Waals surface area contributed by atoms with Gasteiger partial charge in [-0.25, -0.2) is 9.18 Å². The summed E-state index contributed by atoms with van der Waals surface area (Å²) in [5.74, 6) is -1.59. The van der Waals surface area contributed by atoms with Crippen molar-refractivity contribution >= 4 is 17.6 Å². The number of carboxylic acids is 1. The number of anilines is 1. The van der Waals surface area contributed by atoms with Gasteiger partial charge in [0.2, 0.25) is 5.91 Å². The first-order valence-electron chi connectivity index (χ1n) is 7.10. The molecule has 1 aromatic carbocycles. The molecule has 0 bridgehead atoms. The predicted molar refractivity (Wildman–Crippen MR) is 81.2 cm³/mol. The number of halogens is 1. The Balaban J connectivity index is 2.00. The lowest BCUT2D eigenvalue weighted by atomic mass is 10.1. The van der Waals surface area contributed by atoms with Crippen molar-refractivity contribution in [3.8, 4) is 0 Å². The van der Waals surface area contributed by atoms with Gasteiger partial charge in [0.05, 0.1) is 0 Å². The number of piperazine rings is 1. The molecule has 1 fully saturated rings. The maximum absolute atomic E-state index is 12.9. The molecule has 0 unspecified atom stereocenters. The Morgan fingerprint density at radius 3 is 2.05 bits per heavy atom. The molecule has 0 aromatic heterocycles. The minimum absolute atomic E-state index is 0.0750. The van der Waals surface area contributed by atoms with Gasteiger partial charge in [-0.15, -0.1) is 0 Å². The van der Waals surface area contributed by atoms with Crippen LogP contribution in [-0.4, -0.2) is 48.1 Å². The number of nitrogens with zero attached hydrogens (tertiary/aromatic N) is 2. The zero-order valence-electron chi connectivity index (χ0n) is 12.7. The second-order valence-corrected chi connectivity index (χ2v) is 5.31. The van der Waals surface area contributed by atoms with E-state index in [1.54, 1.807) is 17.0 Å². The Kier molecular flexibility index (Phi) is 4.80. The number of benzene rings is 1. The summed E-state index contributed by atoms with van der Waals surface area (Å²) in [5.41, 5.74) is 1.26. The summed E-state index contributed by atoms with van der Waals surface area (Å²) in [4.78, 5) is 26.9. The normalized spacial score (nSPS) is 16.3. The van der Waals surface area contributed by atoms with E-state index in [2.05, 4.69) is 4.90 Å². The van der Waals surface area contributed by atoms with Gasteiger partial charge in [-0.3, -0.25) is 4.79 Å². The summed E-state index contributed by atoms with van der Waals surface area (Å²) >= 11 is 0. The van der Waals surface area contributed by atoms with E-state index in [1.165, 1.54) is 26.0 Å². The SMILES string of the molecule is C/C(C(=O)O)=C(\C)C(=O)N1CCN(c2ccc(F)cc2)CC1. The van der Waals surface area contributed by atoms with Crippen LogP contribution in [-0.2, 0) is 9.59 Å². The summed E-state index contributed by atoms with van der Waals surface area (Å²) in [7, 11) is 0. The molecule has 1 aliphatic heterocycles. The molecule has 0 saturated carbocycles. The van der Waals surface area contributed by atoms with Crippen LogP contribution < -0.4 is 4.90 Å². The zero-order valence-corrected chi connectivity index (χ0v) is 12.7. The van der Waals surface area contributed by atoms with Crippen molar-refractivity contribution in [2.45, 2.75) is 13.8 Å². The topological polar surface area (TPSA) is 60.9 Å². The van der Waals surface area contributed by atoms with Crippen molar-refractivity contribution in [1.29, 1.82) is 0 Å². The molecule has 1 amide bonds. The Labute approximate surface area is 128 Å². The van der Waals surface area contributed by atoms with Gasteiger partial charge in [0.15, 0.2) is 0 Å². The average molecular weight is 306 g/mol. The molecule has 22 heavy (non-hydrogen) atoms. The second-order valence-electron chi connectivity index (χ2n) is 5.31. The number of carbonyl (C=O) groups is 2. The van der Waals surface area contributed by atoms with Crippen molar-refractivity contribution in [2.24, 2.45) is 0 Å². The summed E-state index contributed by atoms with van der Waals surface area (Å²) in [6.45, 7) is 5.27. The smallest absolute Gasteiger partial charge is 0.331 e. The largest absolute Gasteiger partial charge is 0.478 e. The minimum atomic E-state index is -1.07. The Hall–Kier alpha value is -2.37. The minimum Gasteiger partial charge on any atom is -0.478 e. The lowest BCUT2D eigenvalue weighted by Crippen LogP contribution is -2.49. The second kappa shape index (κ2) is 6.60. The van der Waals surface area contributed by atoms with E-state index in [0.717, 1.165) is 5.69 Å². The van der Waals surface area contributed by atoms with Crippen LogP contribution in [0.2, 0.25) is 0 Å². The number of amides is 1. The van der Waals surface area contributed by atoms with E-state index >= 15 is 0 Å². The monoisotopic (exact) mass is 306 g/mol. The third-order valence-corrected chi connectivity index (χ3v) is 3.96. The number of hydrogen-bond donors (Lipinski definition) is 1. The molecule has 5 nitrogen and oxygen atoms in total. The first-order valence-corrected chi connectivity index (χ1v) is 7.10. The van der Waals surface area contributed by atoms with Gasteiger partial charge in [-0.2, -0.15) is 0 Å². The molecule has 1 aromatic rings. The molecule has 0 atom stereocenters.